The van der Waals surface area contributed by atoms with Gasteiger partial charge in [-0.3, -0.25) is 4.68 Å². The van der Waals surface area contributed by atoms with Crippen molar-refractivity contribution in [2.24, 2.45) is 12.8 Å². The molecule has 0 fully saturated rings. The van der Waals surface area contributed by atoms with Gasteiger partial charge in [-0.25, -0.2) is 0 Å². The number of benzene rings is 1. The molecule has 0 spiro atoms. The monoisotopic (exact) mass is 322 g/mol. The molecule has 0 aliphatic rings. The molecule has 2 N–H and O–H groups in total. The van der Waals surface area contributed by atoms with Crippen LogP contribution in [0.4, 0.5) is 5.82 Å². The summed E-state index contributed by atoms with van der Waals surface area (Å²) in [5.74, 6) is 1.08. The summed E-state index contributed by atoms with van der Waals surface area (Å²) in [5.41, 5.74) is 9.19. The van der Waals surface area contributed by atoms with Gasteiger partial charge in [-0.1, -0.05) is 34.1 Å². The minimum atomic E-state index is 0.509. The Morgan fingerprint density at radius 2 is 2.05 bits per heavy atom. The summed E-state index contributed by atoms with van der Waals surface area (Å²) in [6, 6.07) is 8.24. The van der Waals surface area contributed by atoms with Crippen LogP contribution in [0.2, 0.25) is 0 Å². The molecular formula is C14H19BrN4. The molecule has 0 radical (unpaired) electrons. The minimum absolute atomic E-state index is 0.509. The Balaban J connectivity index is 2.30. The van der Waals surface area contributed by atoms with Crippen LogP contribution in [0.5, 0.6) is 0 Å². The van der Waals surface area contributed by atoms with E-state index in [0.29, 0.717) is 6.54 Å². The number of hydrogen-bond donors (Lipinski definition) is 1. The van der Waals surface area contributed by atoms with Gasteiger partial charge in [0.25, 0.3) is 0 Å². The predicted molar refractivity (Wildman–Crippen MR) is 82.1 cm³/mol. The highest BCUT2D eigenvalue weighted by Crippen LogP contribution is 2.25. The molecular weight excluding hydrogens is 304 g/mol. The molecule has 0 unspecified atom stereocenters. The van der Waals surface area contributed by atoms with Crippen LogP contribution < -0.4 is 10.6 Å². The maximum absolute atomic E-state index is 5.84. The fourth-order valence-corrected chi connectivity index (χ4v) is 2.77. The molecule has 1 heterocycles. The van der Waals surface area contributed by atoms with Crippen molar-refractivity contribution in [1.29, 1.82) is 0 Å². The third-order valence-corrected chi connectivity index (χ3v) is 4.02. The highest BCUT2D eigenvalue weighted by atomic mass is 79.9. The molecule has 2 aromatic rings. The first-order valence-corrected chi connectivity index (χ1v) is 7.01. The number of aromatic nitrogens is 2. The van der Waals surface area contributed by atoms with Gasteiger partial charge in [-0.2, -0.15) is 5.10 Å². The van der Waals surface area contributed by atoms with E-state index in [2.05, 4.69) is 45.1 Å². The molecule has 4 nitrogen and oxygen atoms in total. The largest absolute Gasteiger partial charge is 0.355 e. The molecule has 0 saturated carbocycles. The van der Waals surface area contributed by atoms with Crippen LogP contribution in [-0.4, -0.2) is 16.8 Å². The Hall–Kier alpha value is -1.33. The highest BCUT2D eigenvalue weighted by Gasteiger charge is 2.16. The number of halogens is 1. The summed E-state index contributed by atoms with van der Waals surface area (Å²) in [7, 11) is 4.02. The summed E-state index contributed by atoms with van der Waals surface area (Å²) >= 11 is 3.58. The standard InChI is InChI=1S/C14H19BrN4/c1-10-12(8-16)14(19(3)17-10)18(2)9-11-6-4-5-7-13(11)15/h4-7H,8-9,16H2,1-3H3. The lowest BCUT2D eigenvalue weighted by Gasteiger charge is -2.21. The third-order valence-electron chi connectivity index (χ3n) is 3.24. The van der Waals surface area contributed by atoms with Gasteiger partial charge in [0.1, 0.15) is 5.82 Å². The van der Waals surface area contributed by atoms with Crippen LogP contribution in [0.15, 0.2) is 28.7 Å². The van der Waals surface area contributed by atoms with E-state index in [1.807, 2.05) is 30.8 Å². The molecule has 0 saturated heterocycles. The van der Waals surface area contributed by atoms with Gasteiger partial charge in [0.2, 0.25) is 0 Å². The Bertz CT molecular complexity index is 577. The second-order valence-corrected chi connectivity index (χ2v) is 5.52. The van der Waals surface area contributed by atoms with Gasteiger partial charge in [0, 0.05) is 37.2 Å². The summed E-state index contributed by atoms with van der Waals surface area (Å²) in [6.07, 6.45) is 0. The van der Waals surface area contributed by atoms with Crippen LogP contribution in [0, 0.1) is 6.92 Å². The van der Waals surface area contributed by atoms with Crippen molar-refractivity contribution in [3.05, 3.63) is 45.6 Å². The molecule has 1 aromatic heterocycles. The zero-order valence-corrected chi connectivity index (χ0v) is 13.1. The summed E-state index contributed by atoms with van der Waals surface area (Å²) in [5, 5.41) is 4.45. The van der Waals surface area contributed by atoms with Gasteiger partial charge in [-0.15, -0.1) is 0 Å². The zero-order chi connectivity index (χ0) is 14.0. The highest BCUT2D eigenvalue weighted by molar-refractivity contribution is 9.10. The summed E-state index contributed by atoms with van der Waals surface area (Å²) in [6.45, 7) is 3.32. The Morgan fingerprint density at radius 3 is 2.68 bits per heavy atom. The van der Waals surface area contributed by atoms with Crippen LogP contribution in [0.1, 0.15) is 16.8 Å². The maximum atomic E-state index is 5.84. The first-order chi connectivity index (χ1) is 9.04. The number of anilines is 1. The van der Waals surface area contributed by atoms with Crippen molar-refractivity contribution in [2.45, 2.75) is 20.0 Å². The molecule has 0 bridgehead atoms. The predicted octanol–water partition coefficient (Wildman–Crippen LogP) is 2.59. The third kappa shape index (κ3) is 2.82. The molecule has 19 heavy (non-hydrogen) atoms. The van der Waals surface area contributed by atoms with E-state index in [4.69, 9.17) is 5.73 Å². The number of nitrogens with zero attached hydrogens (tertiary/aromatic N) is 3. The molecule has 0 aliphatic heterocycles. The summed E-state index contributed by atoms with van der Waals surface area (Å²) < 4.78 is 3.02. The first-order valence-electron chi connectivity index (χ1n) is 6.21. The van der Waals surface area contributed by atoms with E-state index in [9.17, 15) is 0 Å². The SMILES string of the molecule is Cc1nn(C)c(N(C)Cc2ccccc2Br)c1CN. The number of aryl methyl sites for hydroxylation is 2. The number of rotatable bonds is 4. The Morgan fingerprint density at radius 1 is 1.37 bits per heavy atom. The molecule has 102 valence electrons. The quantitative estimate of drug-likeness (QED) is 0.941. The minimum Gasteiger partial charge on any atom is -0.355 e. The Kier molecular flexibility index (Phi) is 4.27. The van der Waals surface area contributed by atoms with Crippen molar-refractivity contribution in [3.63, 3.8) is 0 Å². The van der Waals surface area contributed by atoms with Gasteiger partial charge >= 0.3 is 0 Å². The second kappa shape index (κ2) is 5.75. The molecule has 0 aliphatic carbocycles. The lowest BCUT2D eigenvalue weighted by Crippen LogP contribution is -2.21. The van der Waals surface area contributed by atoms with Crippen molar-refractivity contribution in [1.82, 2.24) is 9.78 Å². The molecule has 5 heteroatoms. The second-order valence-electron chi connectivity index (χ2n) is 4.66. The van der Waals surface area contributed by atoms with E-state index in [-0.39, 0.29) is 0 Å². The van der Waals surface area contributed by atoms with Crippen molar-refractivity contribution in [3.8, 4) is 0 Å². The Labute approximate surface area is 122 Å². The molecule has 2 rings (SSSR count). The van der Waals surface area contributed by atoms with E-state index >= 15 is 0 Å². The average molecular weight is 323 g/mol. The van der Waals surface area contributed by atoms with Gasteiger partial charge in [-0.05, 0) is 18.6 Å². The lowest BCUT2D eigenvalue weighted by atomic mass is 10.2. The lowest BCUT2D eigenvalue weighted by molar-refractivity contribution is 0.725. The van der Waals surface area contributed by atoms with Gasteiger partial charge in [0.05, 0.1) is 5.69 Å². The van der Waals surface area contributed by atoms with E-state index in [1.165, 1.54) is 5.56 Å². The molecule has 0 amide bonds. The average Bonchev–Trinajstić information content (AvgIpc) is 2.66. The smallest absolute Gasteiger partial charge is 0.131 e. The van der Waals surface area contributed by atoms with Gasteiger partial charge < -0.3 is 10.6 Å². The first kappa shape index (κ1) is 14.1. The van der Waals surface area contributed by atoms with Gasteiger partial charge in [0.15, 0.2) is 0 Å². The van der Waals surface area contributed by atoms with Crippen LogP contribution in [-0.2, 0) is 20.1 Å². The van der Waals surface area contributed by atoms with Crippen LogP contribution in [0.3, 0.4) is 0 Å². The molecule has 0 atom stereocenters. The normalized spacial score (nSPS) is 10.8. The van der Waals surface area contributed by atoms with E-state index in [1.54, 1.807) is 0 Å². The maximum Gasteiger partial charge on any atom is 0.131 e. The number of nitrogens with two attached hydrogens (primary N) is 1. The van der Waals surface area contributed by atoms with Crippen molar-refractivity contribution in [2.75, 3.05) is 11.9 Å². The van der Waals surface area contributed by atoms with Crippen LogP contribution >= 0.6 is 15.9 Å². The fraction of sp³-hybridized carbons (Fsp3) is 0.357. The van der Waals surface area contributed by atoms with Crippen LogP contribution in [0.25, 0.3) is 0 Å². The zero-order valence-electron chi connectivity index (χ0n) is 11.5. The number of hydrogen-bond acceptors (Lipinski definition) is 3. The topological polar surface area (TPSA) is 47.1 Å². The van der Waals surface area contributed by atoms with Crippen molar-refractivity contribution < 1.29 is 0 Å². The van der Waals surface area contributed by atoms with Crippen molar-refractivity contribution >= 4 is 21.7 Å². The molecule has 1 aromatic carbocycles. The van der Waals surface area contributed by atoms with E-state index < -0.39 is 0 Å². The summed E-state index contributed by atoms with van der Waals surface area (Å²) in [4.78, 5) is 2.18. The fourth-order valence-electron chi connectivity index (χ4n) is 2.36. The van der Waals surface area contributed by atoms with E-state index in [0.717, 1.165) is 28.1 Å².